The first-order valence-electron chi connectivity index (χ1n) is 6.63. The van der Waals surface area contributed by atoms with E-state index < -0.39 is 5.92 Å². The third-order valence-electron chi connectivity index (χ3n) is 3.34. The van der Waals surface area contributed by atoms with Crippen LogP contribution in [0.3, 0.4) is 0 Å². The molecule has 0 saturated heterocycles. The standard InChI is InChI=1S/C15H22FNO2/c1-10(2)14(8-9-18)17-15(19)11(3)12-6-4-5-7-13(12)16/h4-7,10-11,14,18H,8-9H2,1-3H3,(H,17,19). The Labute approximate surface area is 113 Å². The van der Waals surface area contributed by atoms with E-state index in [1.807, 2.05) is 13.8 Å². The molecule has 0 aliphatic heterocycles. The Kier molecular flexibility index (Phi) is 5.96. The van der Waals surface area contributed by atoms with Crippen molar-refractivity contribution in [3.63, 3.8) is 0 Å². The lowest BCUT2D eigenvalue weighted by atomic mass is 9.96. The van der Waals surface area contributed by atoms with Crippen molar-refractivity contribution in [2.75, 3.05) is 6.61 Å². The Morgan fingerprint density at radius 2 is 1.95 bits per heavy atom. The van der Waals surface area contributed by atoms with Crippen LogP contribution < -0.4 is 5.32 Å². The van der Waals surface area contributed by atoms with Crippen LogP contribution in [0.5, 0.6) is 0 Å². The molecule has 1 aromatic rings. The molecule has 4 heteroatoms. The Bertz CT molecular complexity index is 420. The Morgan fingerprint density at radius 1 is 1.32 bits per heavy atom. The molecule has 1 rings (SSSR count). The van der Waals surface area contributed by atoms with Gasteiger partial charge in [-0.2, -0.15) is 0 Å². The summed E-state index contributed by atoms with van der Waals surface area (Å²) in [5, 5.41) is 11.9. The summed E-state index contributed by atoms with van der Waals surface area (Å²) in [7, 11) is 0. The van der Waals surface area contributed by atoms with Gasteiger partial charge in [0.1, 0.15) is 5.82 Å². The second kappa shape index (κ2) is 7.24. The molecule has 0 fully saturated rings. The van der Waals surface area contributed by atoms with E-state index in [-0.39, 0.29) is 30.3 Å². The van der Waals surface area contributed by atoms with E-state index in [1.54, 1.807) is 25.1 Å². The van der Waals surface area contributed by atoms with Gasteiger partial charge in [-0.3, -0.25) is 4.79 Å². The number of carbonyl (C=O) groups excluding carboxylic acids is 1. The van der Waals surface area contributed by atoms with Crippen molar-refractivity contribution in [2.45, 2.75) is 39.2 Å². The fourth-order valence-electron chi connectivity index (χ4n) is 1.99. The summed E-state index contributed by atoms with van der Waals surface area (Å²) in [5.74, 6) is -0.893. The first-order chi connectivity index (χ1) is 8.97. The number of aliphatic hydroxyl groups is 1. The molecule has 0 aliphatic rings. The summed E-state index contributed by atoms with van der Waals surface area (Å²) in [5.41, 5.74) is 0.395. The summed E-state index contributed by atoms with van der Waals surface area (Å²) < 4.78 is 13.6. The van der Waals surface area contributed by atoms with Gasteiger partial charge in [0.15, 0.2) is 0 Å². The molecule has 1 amide bonds. The van der Waals surface area contributed by atoms with Crippen molar-refractivity contribution < 1.29 is 14.3 Å². The molecule has 0 bridgehead atoms. The highest BCUT2D eigenvalue weighted by atomic mass is 19.1. The van der Waals surface area contributed by atoms with Gasteiger partial charge in [-0.15, -0.1) is 0 Å². The van der Waals surface area contributed by atoms with Gasteiger partial charge in [0.05, 0.1) is 5.92 Å². The van der Waals surface area contributed by atoms with Crippen LogP contribution in [-0.2, 0) is 4.79 Å². The van der Waals surface area contributed by atoms with E-state index in [1.165, 1.54) is 6.07 Å². The summed E-state index contributed by atoms with van der Waals surface area (Å²) in [6.07, 6.45) is 0.507. The monoisotopic (exact) mass is 267 g/mol. The van der Waals surface area contributed by atoms with Crippen LogP contribution in [0.1, 0.15) is 38.7 Å². The van der Waals surface area contributed by atoms with Crippen LogP contribution in [0.2, 0.25) is 0 Å². The average Bonchev–Trinajstić information content (AvgIpc) is 2.37. The molecule has 0 radical (unpaired) electrons. The summed E-state index contributed by atoms with van der Waals surface area (Å²) in [4.78, 5) is 12.1. The van der Waals surface area contributed by atoms with Crippen molar-refractivity contribution in [3.05, 3.63) is 35.6 Å². The van der Waals surface area contributed by atoms with Crippen LogP contribution in [0.25, 0.3) is 0 Å². The fraction of sp³-hybridized carbons (Fsp3) is 0.533. The van der Waals surface area contributed by atoms with Gasteiger partial charge >= 0.3 is 0 Å². The number of rotatable bonds is 6. The van der Waals surface area contributed by atoms with E-state index in [2.05, 4.69) is 5.32 Å². The normalized spacial score (nSPS) is 14.2. The van der Waals surface area contributed by atoms with Gasteiger partial charge in [0, 0.05) is 12.6 Å². The molecular formula is C15H22FNO2. The van der Waals surface area contributed by atoms with Crippen molar-refractivity contribution in [1.82, 2.24) is 5.32 Å². The highest BCUT2D eigenvalue weighted by molar-refractivity contribution is 5.83. The molecule has 19 heavy (non-hydrogen) atoms. The van der Waals surface area contributed by atoms with Crippen LogP contribution in [-0.4, -0.2) is 23.7 Å². The molecule has 0 heterocycles. The lowest BCUT2D eigenvalue weighted by Gasteiger charge is -2.23. The number of hydrogen-bond acceptors (Lipinski definition) is 2. The Morgan fingerprint density at radius 3 is 2.47 bits per heavy atom. The number of aliphatic hydroxyl groups excluding tert-OH is 1. The summed E-state index contributed by atoms with van der Waals surface area (Å²) >= 11 is 0. The fourth-order valence-corrected chi connectivity index (χ4v) is 1.99. The van der Waals surface area contributed by atoms with Gasteiger partial charge in [-0.1, -0.05) is 32.0 Å². The highest BCUT2D eigenvalue weighted by Gasteiger charge is 2.22. The van der Waals surface area contributed by atoms with Crippen molar-refractivity contribution in [3.8, 4) is 0 Å². The van der Waals surface area contributed by atoms with E-state index in [4.69, 9.17) is 5.11 Å². The van der Waals surface area contributed by atoms with E-state index in [0.29, 0.717) is 12.0 Å². The van der Waals surface area contributed by atoms with Gasteiger partial charge in [-0.05, 0) is 30.9 Å². The maximum atomic E-state index is 13.6. The second-order valence-corrected chi connectivity index (χ2v) is 5.11. The maximum Gasteiger partial charge on any atom is 0.227 e. The molecule has 0 aliphatic carbocycles. The molecule has 2 unspecified atom stereocenters. The number of benzene rings is 1. The zero-order valence-corrected chi connectivity index (χ0v) is 11.7. The molecule has 0 spiro atoms. The lowest BCUT2D eigenvalue weighted by Crippen LogP contribution is -2.41. The van der Waals surface area contributed by atoms with Gasteiger partial charge in [0.2, 0.25) is 5.91 Å². The van der Waals surface area contributed by atoms with Gasteiger partial charge in [0.25, 0.3) is 0 Å². The minimum atomic E-state index is -0.541. The van der Waals surface area contributed by atoms with Crippen molar-refractivity contribution in [2.24, 2.45) is 5.92 Å². The largest absolute Gasteiger partial charge is 0.396 e. The molecule has 1 aromatic carbocycles. The number of hydrogen-bond donors (Lipinski definition) is 2. The van der Waals surface area contributed by atoms with Crippen molar-refractivity contribution in [1.29, 1.82) is 0 Å². The molecule has 2 N–H and O–H groups in total. The third-order valence-corrected chi connectivity index (χ3v) is 3.34. The first-order valence-corrected chi connectivity index (χ1v) is 6.63. The minimum Gasteiger partial charge on any atom is -0.396 e. The predicted octanol–water partition coefficient (Wildman–Crippen LogP) is 2.45. The zero-order valence-electron chi connectivity index (χ0n) is 11.7. The molecular weight excluding hydrogens is 245 g/mol. The molecule has 3 nitrogen and oxygen atoms in total. The van der Waals surface area contributed by atoms with Gasteiger partial charge in [-0.25, -0.2) is 4.39 Å². The molecule has 0 saturated carbocycles. The van der Waals surface area contributed by atoms with Crippen LogP contribution in [0.15, 0.2) is 24.3 Å². The highest BCUT2D eigenvalue weighted by Crippen LogP contribution is 2.19. The van der Waals surface area contributed by atoms with Crippen LogP contribution in [0.4, 0.5) is 4.39 Å². The van der Waals surface area contributed by atoms with E-state index in [0.717, 1.165) is 0 Å². The van der Waals surface area contributed by atoms with Gasteiger partial charge < -0.3 is 10.4 Å². The SMILES string of the molecule is CC(C(=O)NC(CCO)C(C)C)c1ccccc1F. The van der Waals surface area contributed by atoms with Crippen LogP contribution in [0, 0.1) is 11.7 Å². The molecule has 0 aromatic heterocycles. The lowest BCUT2D eigenvalue weighted by molar-refractivity contribution is -0.123. The number of nitrogens with one attached hydrogen (secondary N) is 1. The van der Waals surface area contributed by atoms with E-state index in [9.17, 15) is 9.18 Å². The topological polar surface area (TPSA) is 49.3 Å². The average molecular weight is 267 g/mol. The van der Waals surface area contributed by atoms with Crippen LogP contribution >= 0.6 is 0 Å². The summed E-state index contributed by atoms with van der Waals surface area (Å²) in [6.45, 7) is 5.67. The minimum absolute atomic E-state index is 0.0250. The zero-order chi connectivity index (χ0) is 14.4. The quantitative estimate of drug-likeness (QED) is 0.831. The third kappa shape index (κ3) is 4.31. The Hall–Kier alpha value is -1.42. The number of halogens is 1. The molecule has 106 valence electrons. The summed E-state index contributed by atoms with van der Waals surface area (Å²) in [6, 6.07) is 6.21. The number of amides is 1. The first kappa shape index (κ1) is 15.6. The Balaban J connectivity index is 2.74. The number of carbonyl (C=O) groups is 1. The molecule has 2 atom stereocenters. The smallest absolute Gasteiger partial charge is 0.227 e. The van der Waals surface area contributed by atoms with Crippen molar-refractivity contribution >= 4 is 5.91 Å². The predicted molar refractivity (Wildman–Crippen MR) is 73.3 cm³/mol. The van der Waals surface area contributed by atoms with E-state index >= 15 is 0 Å². The second-order valence-electron chi connectivity index (χ2n) is 5.11. The maximum absolute atomic E-state index is 13.6.